The maximum absolute atomic E-state index is 13.0. The lowest BCUT2D eigenvalue weighted by Gasteiger charge is -2.37. The van der Waals surface area contributed by atoms with Gasteiger partial charge in [0.1, 0.15) is 30.3 Å². The van der Waals surface area contributed by atoms with Crippen molar-refractivity contribution in [1.29, 1.82) is 0 Å². The molecule has 2 aliphatic heterocycles. The molecule has 8 nitrogen and oxygen atoms in total. The Morgan fingerprint density at radius 1 is 1.06 bits per heavy atom. The van der Waals surface area contributed by atoms with Crippen molar-refractivity contribution in [3.05, 3.63) is 53.8 Å². The number of anilines is 2. The third-order valence-corrected chi connectivity index (χ3v) is 5.76. The highest BCUT2D eigenvalue weighted by atomic mass is 19.4. The van der Waals surface area contributed by atoms with Gasteiger partial charge >= 0.3 is 12.2 Å². The van der Waals surface area contributed by atoms with E-state index in [9.17, 15) is 32.3 Å². The van der Waals surface area contributed by atoms with Crippen LogP contribution in [0.15, 0.2) is 42.5 Å². The van der Waals surface area contributed by atoms with Crippen molar-refractivity contribution >= 4 is 23.3 Å². The maximum Gasteiger partial charge on any atom is 0.405 e. The Balaban J connectivity index is 1.43. The number of aliphatic hydroxyl groups is 1. The summed E-state index contributed by atoms with van der Waals surface area (Å²) in [5.74, 6) is -1.03. The number of aliphatic hydroxyl groups excluding tert-OH is 1. The smallest absolute Gasteiger partial charge is 0.405 e. The van der Waals surface area contributed by atoms with Crippen LogP contribution in [0.5, 0.6) is 5.75 Å². The minimum absolute atomic E-state index is 0.277. The first-order valence-corrected chi connectivity index (χ1v) is 10.9. The number of benzene rings is 2. The molecule has 4 N–H and O–H groups in total. The van der Waals surface area contributed by atoms with Crippen LogP contribution >= 0.6 is 0 Å². The van der Waals surface area contributed by atoms with E-state index < -0.39 is 55.4 Å². The Kier molecular flexibility index (Phi) is 7.13. The van der Waals surface area contributed by atoms with E-state index in [1.165, 1.54) is 24.3 Å². The standard InChI is InChI=1S/C23H23F4N3O5/c24-12-1-3-13(4-2-12)29-22(33)30-14-5-6-18-16(7-14)17-8-15(34-19(10-31)21(17)35-18)9-20(32)28-11-23(25,26)27/h1-7,15,17,19,21,31H,8-11H2,(H,28,32)(H2,29,30,33)/t15-,17+,19-,21-/m1/s1. The molecule has 0 radical (unpaired) electrons. The number of carbonyl (C=O) groups is 2. The minimum Gasteiger partial charge on any atom is -0.487 e. The van der Waals surface area contributed by atoms with E-state index >= 15 is 0 Å². The fourth-order valence-electron chi connectivity index (χ4n) is 4.27. The van der Waals surface area contributed by atoms with E-state index in [0.29, 0.717) is 17.1 Å². The van der Waals surface area contributed by atoms with Crippen LogP contribution in [0.2, 0.25) is 0 Å². The second-order valence-electron chi connectivity index (χ2n) is 8.34. The summed E-state index contributed by atoms with van der Waals surface area (Å²) in [6.45, 7) is -1.84. The fraction of sp³-hybridized carbons (Fsp3) is 0.391. The molecule has 0 bridgehead atoms. The molecular weight excluding hydrogens is 474 g/mol. The monoisotopic (exact) mass is 497 g/mol. The Bertz CT molecular complexity index is 1080. The van der Waals surface area contributed by atoms with Gasteiger partial charge in [-0.3, -0.25) is 4.79 Å². The first kappa shape index (κ1) is 24.7. The third-order valence-electron chi connectivity index (χ3n) is 5.76. The van der Waals surface area contributed by atoms with Crippen molar-refractivity contribution in [2.24, 2.45) is 0 Å². The highest BCUT2D eigenvalue weighted by Crippen LogP contribution is 2.47. The average Bonchev–Trinajstić information content (AvgIpc) is 3.16. The molecule has 0 saturated carbocycles. The molecule has 188 valence electrons. The van der Waals surface area contributed by atoms with Crippen LogP contribution in [0.4, 0.5) is 33.7 Å². The molecule has 4 atom stereocenters. The molecule has 0 unspecified atom stereocenters. The zero-order valence-electron chi connectivity index (χ0n) is 18.3. The number of rotatable bonds is 6. The first-order chi connectivity index (χ1) is 16.6. The molecule has 0 aromatic heterocycles. The van der Waals surface area contributed by atoms with E-state index in [-0.39, 0.29) is 18.8 Å². The van der Waals surface area contributed by atoms with Crippen molar-refractivity contribution in [2.45, 2.75) is 43.2 Å². The molecule has 12 heteroatoms. The molecular formula is C23H23F4N3O5. The molecule has 0 spiro atoms. The molecule has 4 rings (SSSR count). The number of hydrogen-bond donors (Lipinski definition) is 4. The molecule has 2 aromatic carbocycles. The van der Waals surface area contributed by atoms with Gasteiger partial charge in [0, 0.05) is 22.9 Å². The van der Waals surface area contributed by atoms with Gasteiger partial charge in [-0.05, 0) is 48.9 Å². The first-order valence-electron chi connectivity index (χ1n) is 10.9. The molecule has 3 amide bonds. The van der Waals surface area contributed by atoms with Crippen LogP contribution in [0.3, 0.4) is 0 Å². The summed E-state index contributed by atoms with van der Waals surface area (Å²) in [5.41, 5.74) is 1.56. The number of ether oxygens (including phenoxy) is 2. The second kappa shape index (κ2) is 10.1. The number of carbonyl (C=O) groups excluding carboxylic acids is 2. The molecule has 1 saturated heterocycles. The summed E-state index contributed by atoms with van der Waals surface area (Å²) in [6, 6.07) is 9.68. The van der Waals surface area contributed by atoms with Crippen LogP contribution in [0.25, 0.3) is 0 Å². The van der Waals surface area contributed by atoms with Gasteiger partial charge in [-0.1, -0.05) is 0 Å². The highest BCUT2D eigenvalue weighted by Gasteiger charge is 2.46. The van der Waals surface area contributed by atoms with Gasteiger partial charge in [0.2, 0.25) is 5.91 Å². The zero-order valence-corrected chi connectivity index (χ0v) is 18.3. The summed E-state index contributed by atoms with van der Waals surface area (Å²) >= 11 is 0. The number of nitrogens with one attached hydrogen (secondary N) is 3. The number of amides is 3. The average molecular weight is 497 g/mol. The molecule has 35 heavy (non-hydrogen) atoms. The highest BCUT2D eigenvalue weighted by molar-refractivity contribution is 5.99. The van der Waals surface area contributed by atoms with Gasteiger partial charge in [0.05, 0.1) is 19.1 Å². The van der Waals surface area contributed by atoms with Crippen LogP contribution in [-0.2, 0) is 9.53 Å². The van der Waals surface area contributed by atoms with E-state index in [4.69, 9.17) is 9.47 Å². The Morgan fingerprint density at radius 2 is 1.74 bits per heavy atom. The van der Waals surface area contributed by atoms with Crippen molar-refractivity contribution in [1.82, 2.24) is 5.32 Å². The van der Waals surface area contributed by atoms with E-state index in [2.05, 4.69) is 10.6 Å². The molecule has 0 aliphatic carbocycles. The van der Waals surface area contributed by atoms with Crippen LogP contribution < -0.4 is 20.7 Å². The largest absolute Gasteiger partial charge is 0.487 e. The predicted octanol–water partition coefficient (Wildman–Crippen LogP) is 3.53. The minimum atomic E-state index is -4.52. The number of hydrogen-bond acceptors (Lipinski definition) is 5. The van der Waals surface area contributed by atoms with Crippen molar-refractivity contribution in [3.63, 3.8) is 0 Å². The van der Waals surface area contributed by atoms with E-state index in [1.807, 2.05) is 5.32 Å². The third kappa shape index (κ3) is 6.20. The summed E-state index contributed by atoms with van der Waals surface area (Å²) in [5, 5.41) is 16.9. The van der Waals surface area contributed by atoms with Gasteiger partial charge in [0.25, 0.3) is 0 Å². The lowest BCUT2D eigenvalue weighted by Crippen LogP contribution is -2.47. The van der Waals surface area contributed by atoms with Gasteiger partial charge in [-0.2, -0.15) is 13.2 Å². The number of urea groups is 1. The normalized spacial score (nSPS) is 23.0. The zero-order chi connectivity index (χ0) is 25.2. The van der Waals surface area contributed by atoms with Crippen LogP contribution in [0, 0.1) is 5.82 Å². The lowest BCUT2D eigenvalue weighted by atomic mass is 9.84. The van der Waals surface area contributed by atoms with Crippen molar-refractivity contribution in [3.8, 4) is 5.75 Å². The van der Waals surface area contributed by atoms with Crippen molar-refractivity contribution < 1.29 is 41.7 Å². The predicted molar refractivity (Wildman–Crippen MR) is 117 cm³/mol. The van der Waals surface area contributed by atoms with E-state index in [0.717, 1.165) is 5.56 Å². The molecule has 1 fully saturated rings. The molecule has 2 aromatic rings. The van der Waals surface area contributed by atoms with Gasteiger partial charge < -0.3 is 30.5 Å². The van der Waals surface area contributed by atoms with E-state index in [1.54, 1.807) is 18.2 Å². The lowest BCUT2D eigenvalue weighted by molar-refractivity contribution is -0.149. The summed E-state index contributed by atoms with van der Waals surface area (Å²) in [7, 11) is 0. The van der Waals surface area contributed by atoms with Gasteiger partial charge in [-0.15, -0.1) is 0 Å². The summed E-state index contributed by atoms with van der Waals surface area (Å²) < 4.78 is 61.8. The SMILES string of the molecule is O=C(C[C@H]1C[C@H]2c3cc(NC(=O)Nc4ccc(F)cc4)ccc3O[C@H]2[C@@H](CO)O1)NCC(F)(F)F. The molecule has 2 heterocycles. The maximum atomic E-state index is 13.0. The number of alkyl halides is 3. The Labute approximate surface area is 197 Å². The summed E-state index contributed by atoms with van der Waals surface area (Å²) in [4.78, 5) is 24.3. The Hall–Kier alpha value is -3.38. The Morgan fingerprint density at radius 3 is 2.43 bits per heavy atom. The topological polar surface area (TPSA) is 109 Å². The second-order valence-corrected chi connectivity index (χ2v) is 8.34. The van der Waals surface area contributed by atoms with Gasteiger partial charge in [0.15, 0.2) is 0 Å². The number of halogens is 4. The molecule has 2 aliphatic rings. The van der Waals surface area contributed by atoms with Gasteiger partial charge in [-0.25, -0.2) is 9.18 Å². The number of fused-ring (bicyclic) bond motifs is 3. The summed E-state index contributed by atoms with van der Waals surface area (Å²) in [6.07, 6.45) is -6.60. The fourth-order valence-corrected chi connectivity index (χ4v) is 4.27. The van der Waals surface area contributed by atoms with Crippen LogP contribution in [-0.4, -0.2) is 54.7 Å². The van der Waals surface area contributed by atoms with Crippen LogP contribution in [0.1, 0.15) is 24.3 Å². The van der Waals surface area contributed by atoms with Crippen molar-refractivity contribution in [2.75, 3.05) is 23.8 Å². The quantitative estimate of drug-likeness (QED) is 0.457.